The van der Waals surface area contributed by atoms with Crippen LogP contribution in [0, 0.1) is 6.92 Å². The number of hydrogen-bond donors (Lipinski definition) is 1. The quantitative estimate of drug-likeness (QED) is 0.640. The van der Waals surface area contributed by atoms with Crippen molar-refractivity contribution in [3.8, 4) is 0 Å². The van der Waals surface area contributed by atoms with Gasteiger partial charge in [-0.25, -0.2) is 4.79 Å². The van der Waals surface area contributed by atoms with Crippen molar-refractivity contribution in [2.45, 2.75) is 41.5 Å². The number of halogens is 1. The van der Waals surface area contributed by atoms with Crippen molar-refractivity contribution in [3.05, 3.63) is 39.5 Å². The van der Waals surface area contributed by atoms with Gasteiger partial charge < -0.3 is 10.5 Å². The van der Waals surface area contributed by atoms with Crippen LogP contribution in [0.1, 0.15) is 45.7 Å². The van der Waals surface area contributed by atoms with Crippen LogP contribution in [0.5, 0.6) is 0 Å². The molecule has 1 aromatic carbocycles. The summed E-state index contributed by atoms with van der Waals surface area (Å²) < 4.78 is 5.80. The van der Waals surface area contributed by atoms with Crippen LogP contribution >= 0.6 is 15.9 Å². The van der Waals surface area contributed by atoms with Crippen molar-refractivity contribution < 1.29 is 9.53 Å². The fraction of sp³-hybridized carbons (Fsp3) is 0.438. The topological polar surface area (TPSA) is 52.3 Å². The Hall–Kier alpha value is -1.29. The monoisotopic (exact) mass is 343 g/mol. The number of ether oxygens (including phenoxy) is 1. The van der Waals surface area contributed by atoms with Crippen LogP contribution in [-0.4, -0.2) is 12.6 Å². The van der Waals surface area contributed by atoms with E-state index in [1.807, 2.05) is 52.8 Å². The van der Waals surface area contributed by atoms with E-state index in [0.717, 1.165) is 15.6 Å². The Labute approximate surface area is 131 Å². The fourth-order valence-electron chi connectivity index (χ4n) is 1.24. The average molecular weight is 344 g/mol. The van der Waals surface area contributed by atoms with Crippen molar-refractivity contribution in [2.24, 2.45) is 5.73 Å². The van der Waals surface area contributed by atoms with E-state index in [2.05, 4.69) is 15.9 Å². The molecule has 0 amide bonds. The molecule has 0 fully saturated rings. The minimum Gasteiger partial charge on any atom is -0.461 e. The Morgan fingerprint density at radius 2 is 1.85 bits per heavy atom. The van der Waals surface area contributed by atoms with E-state index in [9.17, 15) is 4.79 Å². The zero-order valence-corrected chi connectivity index (χ0v) is 14.9. The zero-order chi connectivity index (χ0) is 16.1. The van der Waals surface area contributed by atoms with Crippen molar-refractivity contribution >= 4 is 28.0 Å². The van der Waals surface area contributed by atoms with Crippen LogP contribution in [0.25, 0.3) is 6.08 Å². The molecular weight excluding hydrogens is 318 g/mol. The van der Waals surface area contributed by atoms with Crippen LogP contribution in [0.15, 0.2) is 28.4 Å². The van der Waals surface area contributed by atoms with Crippen molar-refractivity contribution in [1.29, 1.82) is 0 Å². The molecule has 1 rings (SSSR count). The molecule has 0 aliphatic carbocycles. The van der Waals surface area contributed by atoms with Crippen LogP contribution in [-0.2, 0) is 9.53 Å². The Bertz CT molecular complexity index is 428. The van der Waals surface area contributed by atoms with E-state index < -0.39 is 5.97 Å². The number of carbonyl (C=O) groups is 1. The smallest absolute Gasteiger partial charge is 0.354 e. The molecule has 0 aliphatic heterocycles. The molecule has 0 radical (unpaired) electrons. The molecule has 0 heterocycles. The zero-order valence-electron chi connectivity index (χ0n) is 13.3. The molecule has 0 saturated heterocycles. The summed E-state index contributed by atoms with van der Waals surface area (Å²) in [6.45, 7) is 12.0. The minimum absolute atomic E-state index is 0.118. The molecule has 0 aliphatic rings. The summed E-state index contributed by atoms with van der Waals surface area (Å²) in [4.78, 5) is 11.3. The number of esters is 1. The number of hydrogen-bond acceptors (Lipinski definition) is 3. The third-order valence-corrected chi connectivity index (χ3v) is 2.55. The summed E-state index contributed by atoms with van der Waals surface area (Å²) in [5, 5.41) is 0. The molecule has 2 N–H and O–H groups in total. The Balaban J connectivity index is 0. The molecule has 20 heavy (non-hydrogen) atoms. The van der Waals surface area contributed by atoms with Crippen molar-refractivity contribution in [1.82, 2.24) is 0 Å². The van der Waals surface area contributed by atoms with Gasteiger partial charge in [-0.2, -0.15) is 0 Å². The molecule has 0 aromatic heterocycles. The summed E-state index contributed by atoms with van der Waals surface area (Å²) in [6, 6.07) is 5.76. The SMILES string of the molecule is CC.CC.CCOC(=O)/C(N)=C/c1ccc(Br)cc1C. The third kappa shape index (κ3) is 8.00. The maximum atomic E-state index is 11.3. The molecule has 114 valence electrons. The Morgan fingerprint density at radius 1 is 1.30 bits per heavy atom. The van der Waals surface area contributed by atoms with E-state index in [1.165, 1.54) is 0 Å². The van der Waals surface area contributed by atoms with Gasteiger partial charge in [0, 0.05) is 4.47 Å². The van der Waals surface area contributed by atoms with Crippen LogP contribution in [0.2, 0.25) is 0 Å². The average Bonchev–Trinajstić information content (AvgIpc) is 2.46. The molecule has 0 bridgehead atoms. The van der Waals surface area contributed by atoms with Gasteiger partial charge in [-0.1, -0.05) is 49.7 Å². The lowest BCUT2D eigenvalue weighted by molar-refractivity contribution is -0.138. The largest absolute Gasteiger partial charge is 0.461 e. The van der Waals surface area contributed by atoms with Crippen LogP contribution in [0.4, 0.5) is 0 Å². The first-order chi connectivity index (χ1) is 9.54. The highest BCUT2D eigenvalue weighted by molar-refractivity contribution is 9.10. The Kier molecular flexibility index (Phi) is 13.4. The number of aryl methyl sites for hydroxylation is 1. The molecule has 0 saturated carbocycles. The highest BCUT2D eigenvalue weighted by Gasteiger charge is 2.06. The lowest BCUT2D eigenvalue weighted by Gasteiger charge is -2.04. The van der Waals surface area contributed by atoms with Gasteiger partial charge in [-0.05, 0) is 43.2 Å². The van der Waals surface area contributed by atoms with Gasteiger partial charge in [0.1, 0.15) is 5.70 Å². The second kappa shape index (κ2) is 12.7. The van der Waals surface area contributed by atoms with E-state index in [0.29, 0.717) is 6.61 Å². The fourth-order valence-corrected chi connectivity index (χ4v) is 1.72. The lowest BCUT2D eigenvalue weighted by atomic mass is 10.1. The lowest BCUT2D eigenvalue weighted by Crippen LogP contribution is -2.14. The van der Waals surface area contributed by atoms with E-state index in [1.54, 1.807) is 13.0 Å². The summed E-state index contributed by atoms with van der Waals surface area (Å²) in [6.07, 6.45) is 1.62. The molecular formula is C16H26BrNO2. The van der Waals surface area contributed by atoms with Crippen LogP contribution < -0.4 is 5.73 Å². The van der Waals surface area contributed by atoms with Crippen molar-refractivity contribution in [2.75, 3.05) is 6.61 Å². The first-order valence-electron chi connectivity index (χ1n) is 6.95. The van der Waals surface area contributed by atoms with Gasteiger partial charge >= 0.3 is 5.97 Å². The van der Waals surface area contributed by atoms with E-state index in [-0.39, 0.29) is 5.70 Å². The standard InChI is InChI=1S/C12H14BrNO2.2C2H6/c1-3-16-12(15)11(14)7-9-4-5-10(13)6-8(9)2;2*1-2/h4-7H,3,14H2,1-2H3;2*1-2H3/b11-7-;;. The number of nitrogens with two attached hydrogens (primary N) is 1. The number of benzene rings is 1. The highest BCUT2D eigenvalue weighted by atomic mass is 79.9. The maximum Gasteiger partial charge on any atom is 0.354 e. The van der Waals surface area contributed by atoms with Gasteiger partial charge in [-0.3, -0.25) is 0 Å². The molecule has 0 atom stereocenters. The van der Waals surface area contributed by atoms with E-state index >= 15 is 0 Å². The maximum absolute atomic E-state index is 11.3. The first kappa shape index (κ1) is 21.0. The summed E-state index contributed by atoms with van der Waals surface area (Å²) in [5.41, 5.74) is 7.69. The number of rotatable bonds is 3. The summed E-state index contributed by atoms with van der Waals surface area (Å²) in [7, 11) is 0. The van der Waals surface area contributed by atoms with Gasteiger partial charge in [-0.15, -0.1) is 0 Å². The normalized spacial score (nSPS) is 9.65. The minimum atomic E-state index is -0.482. The van der Waals surface area contributed by atoms with Gasteiger partial charge in [0.05, 0.1) is 6.61 Å². The first-order valence-corrected chi connectivity index (χ1v) is 7.74. The Morgan fingerprint density at radius 3 is 2.30 bits per heavy atom. The summed E-state index contributed by atoms with van der Waals surface area (Å²) in [5.74, 6) is -0.482. The molecule has 4 heteroatoms. The number of carbonyl (C=O) groups excluding carboxylic acids is 1. The van der Waals surface area contributed by atoms with Gasteiger partial charge in [0.15, 0.2) is 0 Å². The molecule has 3 nitrogen and oxygen atoms in total. The van der Waals surface area contributed by atoms with Crippen molar-refractivity contribution in [3.63, 3.8) is 0 Å². The highest BCUT2D eigenvalue weighted by Crippen LogP contribution is 2.17. The second-order valence-electron chi connectivity index (χ2n) is 3.32. The molecule has 0 unspecified atom stereocenters. The molecule has 0 spiro atoms. The predicted octanol–water partition coefficient (Wildman–Crippen LogP) is 4.67. The van der Waals surface area contributed by atoms with Crippen LogP contribution in [0.3, 0.4) is 0 Å². The predicted molar refractivity (Wildman–Crippen MR) is 90.4 cm³/mol. The molecule has 1 aromatic rings. The van der Waals surface area contributed by atoms with Gasteiger partial charge in [0.25, 0.3) is 0 Å². The second-order valence-corrected chi connectivity index (χ2v) is 4.24. The summed E-state index contributed by atoms with van der Waals surface area (Å²) >= 11 is 3.37. The third-order valence-electron chi connectivity index (χ3n) is 2.05. The van der Waals surface area contributed by atoms with Gasteiger partial charge in [0.2, 0.25) is 0 Å². The van der Waals surface area contributed by atoms with E-state index in [4.69, 9.17) is 10.5 Å².